The number of thiol groups is 1. The molecule has 0 bridgehead atoms. The Balaban J connectivity index is 2.97. The van der Waals surface area contributed by atoms with Crippen LogP contribution in [0, 0.1) is 0 Å². The molecule has 6 nitrogen and oxygen atoms in total. The van der Waals surface area contributed by atoms with Gasteiger partial charge in [-0.25, -0.2) is 25.3 Å². The summed E-state index contributed by atoms with van der Waals surface area (Å²) in [5, 5.41) is 3.38. The quantitative estimate of drug-likeness (QED) is 0.337. The number of urea groups is 2. The second-order valence-corrected chi connectivity index (χ2v) is 4.44. The third kappa shape index (κ3) is 1.64. The SMILES string of the molecule is CC(C)N1C(=O)NC(C)(S)N(N)C1=O. The van der Waals surface area contributed by atoms with E-state index in [-0.39, 0.29) is 6.04 Å². The highest BCUT2D eigenvalue weighted by Gasteiger charge is 2.43. The third-order valence-corrected chi connectivity index (χ3v) is 2.29. The summed E-state index contributed by atoms with van der Waals surface area (Å²) in [7, 11) is 0. The van der Waals surface area contributed by atoms with Gasteiger partial charge in [0.25, 0.3) is 0 Å². The molecule has 0 aliphatic carbocycles. The van der Waals surface area contributed by atoms with E-state index in [0.29, 0.717) is 0 Å². The largest absolute Gasteiger partial charge is 0.345 e. The molecule has 1 atom stereocenters. The molecule has 1 heterocycles. The molecule has 0 aromatic carbocycles. The van der Waals surface area contributed by atoms with E-state index in [2.05, 4.69) is 17.9 Å². The fourth-order valence-corrected chi connectivity index (χ4v) is 1.35. The van der Waals surface area contributed by atoms with Gasteiger partial charge in [-0.15, -0.1) is 12.6 Å². The topological polar surface area (TPSA) is 78.7 Å². The lowest BCUT2D eigenvalue weighted by Crippen LogP contribution is -2.72. The van der Waals surface area contributed by atoms with Crippen molar-refractivity contribution < 1.29 is 9.59 Å². The van der Waals surface area contributed by atoms with Gasteiger partial charge in [0.15, 0.2) is 4.99 Å². The number of hydrogen-bond acceptors (Lipinski definition) is 4. The fraction of sp³-hybridized carbons (Fsp3) is 0.714. The second kappa shape index (κ2) is 3.32. The molecule has 80 valence electrons. The van der Waals surface area contributed by atoms with E-state index in [4.69, 9.17) is 5.84 Å². The first-order valence-electron chi connectivity index (χ1n) is 4.20. The zero-order valence-corrected chi connectivity index (χ0v) is 9.21. The van der Waals surface area contributed by atoms with E-state index >= 15 is 0 Å². The van der Waals surface area contributed by atoms with Crippen LogP contribution in [0.4, 0.5) is 9.59 Å². The van der Waals surface area contributed by atoms with Gasteiger partial charge in [-0.3, -0.25) is 0 Å². The van der Waals surface area contributed by atoms with Crippen LogP contribution < -0.4 is 11.2 Å². The van der Waals surface area contributed by atoms with Crippen LogP contribution in [-0.4, -0.2) is 33.0 Å². The van der Waals surface area contributed by atoms with E-state index in [0.717, 1.165) is 9.91 Å². The van der Waals surface area contributed by atoms with Gasteiger partial charge < -0.3 is 5.32 Å². The van der Waals surface area contributed by atoms with E-state index in [1.807, 2.05) is 0 Å². The highest BCUT2D eigenvalue weighted by molar-refractivity contribution is 7.81. The van der Waals surface area contributed by atoms with Crippen molar-refractivity contribution in [3.63, 3.8) is 0 Å². The molecule has 1 fully saturated rings. The Kier molecular flexibility index (Phi) is 2.64. The summed E-state index contributed by atoms with van der Waals surface area (Å²) in [6.45, 7) is 4.99. The molecule has 0 saturated carbocycles. The van der Waals surface area contributed by atoms with E-state index in [1.54, 1.807) is 13.8 Å². The molecule has 1 aliphatic rings. The lowest BCUT2D eigenvalue weighted by atomic mass is 10.3. The minimum Gasteiger partial charge on any atom is -0.305 e. The zero-order chi connectivity index (χ0) is 11.1. The molecular formula is C7H14N4O2S. The summed E-state index contributed by atoms with van der Waals surface area (Å²) in [6.07, 6.45) is 0. The summed E-state index contributed by atoms with van der Waals surface area (Å²) in [6, 6.07) is -1.27. The smallest absolute Gasteiger partial charge is 0.305 e. The highest BCUT2D eigenvalue weighted by Crippen LogP contribution is 2.21. The standard InChI is InChI=1S/C7H14N4O2S/c1-4(2)10-5(12)9-7(3,14)11(8)6(10)13/h4,14H,8H2,1-3H3,(H,9,12). The van der Waals surface area contributed by atoms with Crippen molar-refractivity contribution in [3.05, 3.63) is 0 Å². The summed E-state index contributed by atoms with van der Waals surface area (Å²) in [5.41, 5.74) is 0. The second-order valence-electron chi connectivity index (χ2n) is 3.57. The number of hydrogen-bond donors (Lipinski definition) is 3. The number of carbonyl (C=O) groups excluding carboxylic acids is 2. The van der Waals surface area contributed by atoms with Crippen molar-refractivity contribution in [2.45, 2.75) is 31.8 Å². The Hall–Kier alpha value is -0.950. The average molecular weight is 218 g/mol. The van der Waals surface area contributed by atoms with Crippen LogP contribution in [0.15, 0.2) is 0 Å². The lowest BCUT2D eigenvalue weighted by molar-refractivity contribution is 0.0882. The minimum absolute atomic E-state index is 0.238. The van der Waals surface area contributed by atoms with Gasteiger partial charge in [0.05, 0.1) is 0 Å². The van der Waals surface area contributed by atoms with Gasteiger partial charge in [0.1, 0.15) is 0 Å². The zero-order valence-electron chi connectivity index (χ0n) is 8.31. The molecule has 3 N–H and O–H groups in total. The molecule has 0 aromatic rings. The van der Waals surface area contributed by atoms with Crippen molar-refractivity contribution in [1.29, 1.82) is 0 Å². The van der Waals surface area contributed by atoms with Gasteiger partial charge in [-0.05, 0) is 20.8 Å². The van der Waals surface area contributed by atoms with E-state index < -0.39 is 17.1 Å². The number of nitrogens with one attached hydrogen (secondary N) is 1. The van der Waals surface area contributed by atoms with Gasteiger partial charge in [-0.1, -0.05) is 0 Å². The molecule has 4 amide bonds. The third-order valence-electron chi connectivity index (χ3n) is 1.96. The number of nitrogens with two attached hydrogens (primary N) is 1. The number of carbonyl (C=O) groups is 2. The van der Waals surface area contributed by atoms with Crippen LogP contribution >= 0.6 is 12.6 Å². The van der Waals surface area contributed by atoms with Gasteiger partial charge >= 0.3 is 12.1 Å². The van der Waals surface area contributed by atoms with Crippen molar-refractivity contribution in [2.24, 2.45) is 5.84 Å². The van der Waals surface area contributed by atoms with Crippen molar-refractivity contribution in [1.82, 2.24) is 15.2 Å². The van der Waals surface area contributed by atoms with Crippen LogP contribution in [0.5, 0.6) is 0 Å². The highest BCUT2D eigenvalue weighted by atomic mass is 32.1. The maximum atomic E-state index is 11.6. The van der Waals surface area contributed by atoms with Gasteiger partial charge in [0, 0.05) is 6.04 Å². The Labute approximate surface area is 87.8 Å². The monoisotopic (exact) mass is 218 g/mol. The number of nitrogens with zero attached hydrogens (tertiary/aromatic N) is 2. The van der Waals surface area contributed by atoms with Crippen LogP contribution in [-0.2, 0) is 0 Å². The van der Waals surface area contributed by atoms with Crippen LogP contribution in [0.1, 0.15) is 20.8 Å². The van der Waals surface area contributed by atoms with Crippen LogP contribution in [0.25, 0.3) is 0 Å². The van der Waals surface area contributed by atoms with E-state index in [9.17, 15) is 9.59 Å². The van der Waals surface area contributed by atoms with Gasteiger partial charge in [-0.2, -0.15) is 0 Å². The fourth-order valence-electron chi connectivity index (χ4n) is 1.17. The summed E-state index contributed by atoms with van der Waals surface area (Å²) < 4.78 is 0. The Morgan fingerprint density at radius 3 is 2.43 bits per heavy atom. The minimum atomic E-state index is -1.14. The molecular weight excluding hydrogens is 204 g/mol. The van der Waals surface area contributed by atoms with Crippen LogP contribution in [0.3, 0.4) is 0 Å². The maximum absolute atomic E-state index is 11.6. The predicted molar refractivity (Wildman–Crippen MR) is 54.3 cm³/mol. The van der Waals surface area contributed by atoms with Crippen LogP contribution in [0.2, 0.25) is 0 Å². The molecule has 1 saturated heterocycles. The first kappa shape index (κ1) is 11.1. The molecule has 1 aliphatic heterocycles. The first-order valence-corrected chi connectivity index (χ1v) is 4.64. The average Bonchev–Trinajstić information content (AvgIpc) is 1.98. The van der Waals surface area contributed by atoms with E-state index in [1.165, 1.54) is 6.92 Å². The number of amides is 4. The summed E-state index contributed by atoms with van der Waals surface area (Å²) in [5.74, 6) is 5.50. The Morgan fingerprint density at radius 2 is 2.00 bits per heavy atom. The predicted octanol–water partition coefficient (Wildman–Crippen LogP) is 0.319. The number of hydrazine groups is 1. The lowest BCUT2D eigenvalue weighted by Gasteiger charge is -2.43. The number of rotatable bonds is 1. The van der Waals surface area contributed by atoms with Crippen molar-refractivity contribution in [2.75, 3.05) is 0 Å². The van der Waals surface area contributed by atoms with Crippen molar-refractivity contribution in [3.8, 4) is 0 Å². The Bertz CT molecular complexity index is 279. The molecule has 0 aromatic heterocycles. The molecule has 1 unspecified atom stereocenters. The summed E-state index contributed by atoms with van der Waals surface area (Å²) >= 11 is 4.06. The molecule has 14 heavy (non-hydrogen) atoms. The molecule has 7 heteroatoms. The molecule has 0 spiro atoms. The first-order chi connectivity index (χ1) is 6.27. The summed E-state index contributed by atoms with van der Waals surface area (Å²) in [4.78, 5) is 23.0. The normalized spacial score (nSPS) is 28.4. The Morgan fingerprint density at radius 1 is 1.50 bits per heavy atom. The molecule has 0 radical (unpaired) electrons. The molecule has 1 rings (SSSR count). The van der Waals surface area contributed by atoms with Crippen molar-refractivity contribution >= 4 is 24.7 Å². The maximum Gasteiger partial charge on any atom is 0.345 e. The number of imide groups is 1. The van der Waals surface area contributed by atoms with Gasteiger partial charge in [0.2, 0.25) is 0 Å².